The average Bonchev–Trinajstić information content (AvgIpc) is 2.43. The first-order valence-electron chi connectivity index (χ1n) is 6.90. The van der Waals surface area contributed by atoms with Crippen LogP contribution in [-0.2, 0) is 4.79 Å². The summed E-state index contributed by atoms with van der Waals surface area (Å²) in [6.07, 6.45) is 1.58. The van der Waals surface area contributed by atoms with Crippen LogP contribution in [0.15, 0.2) is 18.2 Å². The summed E-state index contributed by atoms with van der Waals surface area (Å²) in [5.74, 6) is -0.553. The smallest absolute Gasteiger partial charge is 0.321 e. The predicted molar refractivity (Wildman–Crippen MR) is 78.4 cm³/mol. The van der Waals surface area contributed by atoms with E-state index in [2.05, 4.69) is 5.32 Å². The van der Waals surface area contributed by atoms with Gasteiger partial charge in [-0.25, -0.2) is 4.79 Å². The molecule has 20 heavy (non-hydrogen) atoms. The molecule has 0 saturated carbocycles. The van der Waals surface area contributed by atoms with Crippen LogP contribution in [0, 0.1) is 19.8 Å². The lowest BCUT2D eigenvalue weighted by molar-refractivity contribution is -0.123. The Labute approximate surface area is 119 Å². The summed E-state index contributed by atoms with van der Waals surface area (Å²) in [5, 5.41) is 2.92. The molecule has 0 radical (unpaired) electrons. The third kappa shape index (κ3) is 3.29. The highest BCUT2D eigenvalue weighted by Crippen LogP contribution is 2.20. The number of carbonyl (C=O) groups excluding carboxylic acids is 2. The van der Waals surface area contributed by atoms with Gasteiger partial charge in [0.1, 0.15) is 0 Å². The molecule has 3 N–H and O–H groups in total. The van der Waals surface area contributed by atoms with Gasteiger partial charge in [-0.15, -0.1) is 0 Å². The minimum Gasteiger partial charge on any atom is -0.369 e. The highest BCUT2D eigenvalue weighted by Gasteiger charge is 2.27. The van der Waals surface area contributed by atoms with Crippen molar-refractivity contribution >= 4 is 17.6 Å². The molecule has 1 aromatic carbocycles. The van der Waals surface area contributed by atoms with Crippen molar-refractivity contribution in [2.24, 2.45) is 11.7 Å². The van der Waals surface area contributed by atoms with E-state index in [0.717, 1.165) is 29.7 Å². The molecule has 5 nitrogen and oxygen atoms in total. The second kappa shape index (κ2) is 5.94. The van der Waals surface area contributed by atoms with E-state index < -0.39 is 0 Å². The van der Waals surface area contributed by atoms with E-state index in [-0.39, 0.29) is 17.9 Å². The molecule has 1 aromatic rings. The maximum atomic E-state index is 12.3. The second-order valence-electron chi connectivity index (χ2n) is 5.44. The molecule has 0 spiro atoms. The number of hydrogen-bond acceptors (Lipinski definition) is 2. The first-order chi connectivity index (χ1) is 9.47. The lowest BCUT2D eigenvalue weighted by Crippen LogP contribution is -2.45. The Balaban J connectivity index is 2.04. The van der Waals surface area contributed by atoms with E-state index in [1.807, 2.05) is 32.0 Å². The number of amides is 3. The molecule has 2 rings (SSSR count). The van der Waals surface area contributed by atoms with Gasteiger partial charge in [0.2, 0.25) is 5.91 Å². The van der Waals surface area contributed by atoms with Crippen molar-refractivity contribution in [1.29, 1.82) is 0 Å². The Morgan fingerprint density at radius 2 is 2.10 bits per heavy atom. The van der Waals surface area contributed by atoms with Crippen molar-refractivity contribution in [3.05, 3.63) is 29.3 Å². The Kier molecular flexibility index (Phi) is 4.27. The van der Waals surface area contributed by atoms with E-state index in [1.165, 1.54) is 0 Å². The molecule has 1 heterocycles. The normalized spacial score (nSPS) is 18.7. The zero-order chi connectivity index (χ0) is 14.7. The lowest BCUT2D eigenvalue weighted by atomic mass is 9.98. The van der Waals surface area contributed by atoms with Gasteiger partial charge in [-0.3, -0.25) is 4.79 Å². The summed E-state index contributed by atoms with van der Waals surface area (Å²) in [7, 11) is 0. The van der Waals surface area contributed by atoms with Gasteiger partial charge in [0.05, 0.1) is 5.92 Å². The van der Waals surface area contributed by atoms with Crippen molar-refractivity contribution in [3.8, 4) is 0 Å². The maximum absolute atomic E-state index is 12.3. The average molecular weight is 275 g/mol. The zero-order valence-corrected chi connectivity index (χ0v) is 12.0. The fourth-order valence-corrected chi connectivity index (χ4v) is 2.46. The van der Waals surface area contributed by atoms with Gasteiger partial charge < -0.3 is 16.0 Å². The van der Waals surface area contributed by atoms with Crippen LogP contribution in [-0.4, -0.2) is 29.9 Å². The van der Waals surface area contributed by atoms with Crippen LogP contribution in [0.4, 0.5) is 10.5 Å². The Morgan fingerprint density at radius 3 is 2.80 bits per heavy atom. The third-order valence-electron chi connectivity index (χ3n) is 3.75. The summed E-state index contributed by atoms with van der Waals surface area (Å²) >= 11 is 0. The van der Waals surface area contributed by atoms with Gasteiger partial charge in [-0.05, 0) is 43.9 Å². The number of hydrogen-bond donors (Lipinski definition) is 2. The standard InChI is InChI=1S/C15H21N3O2/c1-10-5-6-11(2)13(8-10)17-15(20)18-7-3-4-12(9-18)14(16)19/h5-6,8,12H,3-4,7,9H2,1-2H3,(H2,16,19)(H,17,20). The lowest BCUT2D eigenvalue weighted by Gasteiger charge is -2.31. The van der Waals surface area contributed by atoms with Gasteiger partial charge in [-0.1, -0.05) is 12.1 Å². The minimum atomic E-state index is -0.325. The van der Waals surface area contributed by atoms with E-state index in [1.54, 1.807) is 4.90 Å². The number of aryl methyl sites for hydroxylation is 2. The summed E-state index contributed by atoms with van der Waals surface area (Å²) in [6.45, 7) is 5.02. The Bertz CT molecular complexity index is 528. The molecule has 1 saturated heterocycles. The SMILES string of the molecule is Cc1ccc(C)c(NC(=O)N2CCCC(C(N)=O)C2)c1. The van der Waals surface area contributed by atoms with Gasteiger partial charge >= 0.3 is 6.03 Å². The summed E-state index contributed by atoms with van der Waals surface area (Å²) in [6, 6.07) is 5.77. The van der Waals surface area contributed by atoms with Crippen LogP contribution in [0.5, 0.6) is 0 Å². The summed E-state index contributed by atoms with van der Waals surface area (Å²) in [5.41, 5.74) is 8.26. The number of primary amides is 1. The zero-order valence-electron chi connectivity index (χ0n) is 12.0. The maximum Gasteiger partial charge on any atom is 0.321 e. The van der Waals surface area contributed by atoms with Gasteiger partial charge in [0.25, 0.3) is 0 Å². The van der Waals surface area contributed by atoms with E-state index in [4.69, 9.17) is 5.73 Å². The van der Waals surface area contributed by atoms with Crippen molar-refractivity contribution < 1.29 is 9.59 Å². The highest BCUT2D eigenvalue weighted by atomic mass is 16.2. The minimum absolute atomic E-state index is 0.162. The number of nitrogens with one attached hydrogen (secondary N) is 1. The number of urea groups is 1. The monoisotopic (exact) mass is 275 g/mol. The summed E-state index contributed by atoms with van der Waals surface area (Å²) < 4.78 is 0. The number of likely N-dealkylation sites (tertiary alicyclic amines) is 1. The van der Waals surface area contributed by atoms with Crippen LogP contribution in [0.25, 0.3) is 0 Å². The van der Waals surface area contributed by atoms with Gasteiger partial charge in [-0.2, -0.15) is 0 Å². The number of carbonyl (C=O) groups is 2. The van der Waals surface area contributed by atoms with Gasteiger partial charge in [0.15, 0.2) is 0 Å². The topological polar surface area (TPSA) is 75.4 Å². The van der Waals surface area contributed by atoms with Crippen LogP contribution in [0.3, 0.4) is 0 Å². The van der Waals surface area contributed by atoms with Crippen LogP contribution in [0.1, 0.15) is 24.0 Å². The van der Waals surface area contributed by atoms with Crippen LogP contribution >= 0.6 is 0 Å². The van der Waals surface area contributed by atoms with Crippen LogP contribution < -0.4 is 11.1 Å². The third-order valence-corrected chi connectivity index (χ3v) is 3.75. The van der Waals surface area contributed by atoms with Crippen LogP contribution in [0.2, 0.25) is 0 Å². The first-order valence-corrected chi connectivity index (χ1v) is 6.90. The Morgan fingerprint density at radius 1 is 1.35 bits per heavy atom. The number of nitrogens with zero attached hydrogens (tertiary/aromatic N) is 1. The molecule has 1 aliphatic rings. The Hall–Kier alpha value is -2.04. The van der Waals surface area contributed by atoms with Crippen molar-refractivity contribution in [2.75, 3.05) is 18.4 Å². The number of rotatable bonds is 2. The second-order valence-corrected chi connectivity index (χ2v) is 5.44. The highest BCUT2D eigenvalue weighted by molar-refractivity contribution is 5.90. The molecule has 1 atom stereocenters. The van der Waals surface area contributed by atoms with Crippen molar-refractivity contribution in [1.82, 2.24) is 4.90 Å². The molecular formula is C15H21N3O2. The molecule has 3 amide bonds. The number of benzene rings is 1. The van der Waals surface area contributed by atoms with E-state index >= 15 is 0 Å². The summed E-state index contributed by atoms with van der Waals surface area (Å²) in [4.78, 5) is 25.2. The fourth-order valence-electron chi connectivity index (χ4n) is 2.46. The van der Waals surface area contributed by atoms with Gasteiger partial charge in [0, 0.05) is 18.8 Å². The largest absolute Gasteiger partial charge is 0.369 e. The number of nitrogens with two attached hydrogens (primary N) is 1. The quantitative estimate of drug-likeness (QED) is 0.866. The molecule has 1 aliphatic heterocycles. The molecule has 0 bridgehead atoms. The molecule has 1 fully saturated rings. The van der Waals surface area contributed by atoms with Crippen molar-refractivity contribution in [3.63, 3.8) is 0 Å². The number of anilines is 1. The first kappa shape index (κ1) is 14.4. The van der Waals surface area contributed by atoms with E-state index in [9.17, 15) is 9.59 Å². The van der Waals surface area contributed by atoms with E-state index in [0.29, 0.717) is 13.1 Å². The molecule has 108 valence electrons. The molecule has 0 aliphatic carbocycles. The molecular weight excluding hydrogens is 254 g/mol. The number of piperidine rings is 1. The molecule has 1 unspecified atom stereocenters. The predicted octanol–water partition coefficient (Wildman–Crippen LogP) is 2.03. The van der Waals surface area contributed by atoms with Crippen molar-refractivity contribution in [2.45, 2.75) is 26.7 Å². The molecule has 5 heteroatoms. The molecule has 0 aromatic heterocycles. The fraction of sp³-hybridized carbons (Fsp3) is 0.467.